The van der Waals surface area contributed by atoms with Crippen molar-refractivity contribution in [3.63, 3.8) is 0 Å². The van der Waals surface area contributed by atoms with E-state index in [0.29, 0.717) is 12.2 Å². The maximum absolute atomic E-state index is 13.5. The number of hydrogen-bond donors (Lipinski definition) is 1. The zero-order chi connectivity index (χ0) is 13.5. The van der Waals surface area contributed by atoms with Gasteiger partial charge in [-0.3, -0.25) is 4.79 Å². The smallest absolute Gasteiger partial charge is 0.236 e. The lowest BCUT2D eigenvalue weighted by Crippen LogP contribution is -2.35. The van der Waals surface area contributed by atoms with Crippen molar-refractivity contribution in [2.75, 3.05) is 18.0 Å². The lowest BCUT2D eigenvalue weighted by molar-refractivity contribution is -0.116. The Morgan fingerprint density at radius 2 is 2.28 bits per heavy atom. The summed E-state index contributed by atoms with van der Waals surface area (Å²) in [4.78, 5) is 12.7. The predicted octanol–water partition coefficient (Wildman–Crippen LogP) is 1.79. The molecule has 0 heterocycles. The Morgan fingerprint density at radius 3 is 2.83 bits per heavy atom. The van der Waals surface area contributed by atoms with E-state index in [1.165, 1.54) is 12.1 Å². The summed E-state index contributed by atoms with van der Waals surface area (Å²) in [6, 6.07) is 6.20. The van der Waals surface area contributed by atoms with Gasteiger partial charge in [0, 0.05) is 6.54 Å². The van der Waals surface area contributed by atoms with E-state index >= 15 is 0 Å². The summed E-state index contributed by atoms with van der Waals surface area (Å²) in [7, 11) is 0. The van der Waals surface area contributed by atoms with Gasteiger partial charge in [0.25, 0.3) is 0 Å². The van der Waals surface area contributed by atoms with Gasteiger partial charge in [-0.2, -0.15) is 5.26 Å². The van der Waals surface area contributed by atoms with E-state index < -0.39 is 11.7 Å². The Kier molecular flexibility index (Phi) is 5.12. The Labute approximate surface area is 106 Å². The van der Waals surface area contributed by atoms with Gasteiger partial charge in [0.15, 0.2) is 0 Å². The number of amides is 1. The molecule has 1 rings (SSSR count). The second kappa shape index (κ2) is 6.60. The predicted molar refractivity (Wildman–Crippen MR) is 67.4 cm³/mol. The van der Waals surface area contributed by atoms with Crippen molar-refractivity contribution < 1.29 is 9.18 Å². The van der Waals surface area contributed by atoms with Crippen LogP contribution in [-0.4, -0.2) is 19.0 Å². The third kappa shape index (κ3) is 3.45. The maximum atomic E-state index is 13.5. The molecule has 1 aromatic carbocycles. The number of nitrogens with zero attached hydrogens (tertiary/aromatic N) is 2. The number of nitrogens with two attached hydrogens (primary N) is 1. The maximum Gasteiger partial charge on any atom is 0.236 e. The highest BCUT2D eigenvalue weighted by atomic mass is 19.1. The van der Waals surface area contributed by atoms with Gasteiger partial charge in [-0.05, 0) is 18.6 Å². The average Bonchev–Trinajstić information content (AvgIpc) is 2.33. The number of nitriles is 1. The van der Waals surface area contributed by atoms with E-state index in [-0.39, 0.29) is 12.1 Å². The highest BCUT2D eigenvalue weighted by Crippen LogP contribution is 2.22. The van der Waals surface area contributed by atoms with Crippen molar-refractivity contribution in [3.05, 3.63) is 29.6 Å². The first-order valence-electron chi connectivity index (χ1n) is 5.82. The Morgan fingerprint density at radius 1 is 1.56 bits per heavy atom. The van der Waals surface area contributed by atoms with Crippen LogP contribution in [0.5, 0.6) is 0 Å². The van der Waals surface area contributed by atoms with E-state index in [2.05, 4.69) is 0 Å². The van der Waals surface area contributed by atoms with Crippen LogP contribution in [0.3, 0.4) is 0 Å². The van der Waals surface area contributed by atoms with Crippen LogP contribution in [0, 0.1) is 17.1 Å². The fourth-order valence-electron chi connectivity index (χ4n) is 1.71. The van der Waals surface area contributed by atoms with Crippen molar-refractivity contribution in [1.82, 2.24) is 0 Å². The summed E-state index contributed by atoms with van der Waals surface area (Å²) in [5.74, 6) is -1.08. The minimum atomic E-state index is -0.582. The molecule has 4 nitrogen and oxygen atoms in total. The van der Waals surface area contributed by atoms with Gasteiger partial charge in [-0.15, -0.1) is 0 Å². The van der Waals surface area contributed by atoms with Crippen LogP contribution in [0.1, 0.15) is 25.3 Å². The first-order valence-corrected chi connectivity index (χ1v) is 5.82. The summed E-state index contributed by atoms with van der Waals surface area (Å²) in [6.07, 6.45) is 1.78. The third-order valence-electron chi connectivity index (χ3n) is 2.57. The van der Waals surface area contributed by atoms with E-state index in [1.807, 2.05) is 13.0 Å². The number of unbranched alkanes of at least 4 members (excludes halogenated alkanes) is 1. The summed E-state index contributed by atoms with van der Waals surface area (Å²) in [5, 5.41) is 8.97. The van der Waals surface area contributed by atoms with Gasteiger partial charge >= 0.3 is 0 Å². The van der Waals surface area contributed by atoms with Crippen molar-refractivity contribution in [2.45, 2.75) is 19.8 Å². The molecule has 96 valence electrons. The molecule has 0 fully saturated rings. The number of rotatable bonds is 6. The number of carbonyl (C=O) groups excluding carboxylic acids is 1. The molecule has 0 aliphatic carbocycles. The molecule has 0 aliphatic heterocycles. The molecule has 1 aromatic rings. The van der Waals surface area contributed by atoms with Gasteiger partial charge in [0.2, 0.25) is 5.91 Å². The molecule has 1 amide bonds. The lowest BCUT2D eigenvalue weighted by Gasteiger charge is -2.24. The van der Waals surface area contributed by atoms with E-state index in [0.717, 1.165) is 12.8 Å². The Hall–Kier alpha value is -2.09. The Bertz CT molecular complexity index is 468. The molecule has 18 heavy (non-hydrogen) atoms. The Balaban J connectivity index is 3.08. The summed E-state index contributed by atoms with van der Waals surface area (Å²) < 4.78 is 13.5. The highest BCUT2D eigenvalue weighted by molar-refractivity contribution is 5.80. The molecule has 0 unspecified atom stereocenters. The lowest BCUT2D eigenvalue weighted by atomic mass is 10.1. The van der Waals surface area contributed by atoms with E-state index in [1.54, 1.807) is 11.0 Å². The molecule has 0 spiro atoms. The molecule has 0 aliphatic rings. The number of benzene rings is 1. The number of halogens is 1. The van der Waals surface area contributed by atoms with E-state index in [9.17, 15) is 9.18 Å². The van der Waals surface area contributed by atoms with Gasteiger partial charge in [-0.25, -0.2) is 4.39 Å². The van der Waals surface area contributed by atoms with Crippen LogP contribution in [0.2, 0.25) is 0 Å². The van der Waals surface area contributed by atoms with Crippen LogP contribution >= 0.6 is 0 Å². The fraction of sp³-hybridized carbons (Fsp3) is 0.385. The second-order valence-corrected chi connectivity index (χ2v) is 3.99. The molecule has 0 bridgehead atoms. The molecule has 2 N–H and O–H groups in total. The number of primary amides is 1. The summed E-state index contributed by atoms with van der Waals surface area (Å²) >= 11 is 0. The van der Waals surface area contributed by atoms with Gasteiger partial charge < -0.3 is 10.6 Å². The number of hydrogen-bond acceptors (Lipinski definition) is 3. The average molecular weight is 249 g/mol. The zero-order valence-corrected chi connectivity index (χ0v) is 10.3. The van der Waals surface area contributed by atoms with Crippen molar-refractivity contribution in [3.8, 4) is 6.07 Å². The topological polar surface area (TPSA) is 70.1 Å². The second-order valence-electron chi connectivity index (χ2n) is 3.99. The first kappa shape index (κ1) is 14.0. The highest BCUT2D eigenvalue weighted by Gasteiger charge is 2.15. The van der Waals surface area contributed by atoms with Crippen molar-refractivity contribution >= 4 is 11.6 Å². The largest absolute Gasteiger partial charge is 0.368 e. The molecule has 0 radical (unpaired) electrons. The van der Waals surface area contributed by atoms with Crippen LogP contribution < -0.4 is 10.6 Å². The van der Waals surface area contributed by atoms with Gasteiger partial charge in [0.1, 0.15) is 17.4 Å². The summed E-state index contributed by atoms with van der Waals surface area (Å²) in [5.41, 5.74) is 5.55. The molecule has 0 atom stereocenters. The van der Waals surface area contributed by atoms with E-state index in [4.69, 9.17) is 11.0 Å². The molecule has 0 aromatic heterocycles. The molecule has 5 heteroatoms. The van der Waals surface area contributed by atoms with Crippen LogP contribution in [-0.2, 0) is 4.79 Å². The molecule has 0 saturated carbocycles. The number of anilines is 1. The minimum absolute atomic E-state index is 0.0157. The molecule has 0 saturated heterocycles. The fourth-order valence-corrected chi connectivity index (χ4v) is 1.71. The standard InChI is InChI=1S/C13H16FN3O/c1-2-3-7-17(9-13(16)18)12-6-4-5-11(14)10(12)8-15/h4-6H,2-3,7,9H2,1H3,(H2,16,18). The van der Waals surface area contributed by atoms with Crippen LogP contribution in [0.25, 0.3) is 0 Å². The SMILES string of the molecule is CCCCN(CC(N)=O)c1cccc(F)c1C#N. The van der Waals surface area contributed by atoms with Gasteiger partial charge in [-0.1, -0.05) is 19.4 Å². The monoisotopic (exact) mass is 249 g/mol. The third-order valence-corrected chi connectivity index (χ3v) is 2.57. The van der Waals surface area contributed by atoms with Crippen molar-refractivity contribution in [1.29, 1.82) is 5.26 Å². The normalized spacial score (nSPS) is 9.83. The first-order chi connectivity index (χ1) is 8.60. The zero-order valence-electron chi connectivity index (χ0n) is 10.3. The quantitative estimate of drug-likeness (QED) is 0.835. The summed E-state index contributed by atoms with van der Waals surface area (Å²) in [6.45, 7) is 2.56. The van der Waals surface area contributed by atoms with Crippen LogP contribution in [0.4, 0.5) is 10.1 Å². The van der Waals surface area contributed by atoms with Crippen molar-refractivity contribution in [2.24, 2.45) is 5.73 Å². The molecular formula is C13H16FN3O. The van der Waals surface area contributed by atoms with Crippen LogP contribution in [0.15, 0.2) is 18.2 Å². The van der Waals surface area contributed by atoms with Gasteiger partial charge in [0.05, 0.1) is 12.2 Å². The number of carbonyl (C=O) groups is 1. The minimum Gasteiger partial charge on any atom is -0.368 e. The molecular weight excluding hydrogens is 233 g/mol.